The number of sulfonamides is 1. The first-order valence-corrected chi connectivity index (χ1v) is 8.16. The highest BCUT2D eigenvalue weighted by Crippen LogP contribution is 2.10. The van der Waals surface area contributed by atoms with Gasteiger partial charge in [-0.2, -0.15) is 0 Å². The molecular weight excluding hydrogens is 267 g/mol. The molecule has 4 nitrogen and oxygen atoms in total. The normalized spacial score (nSPS) is 20.4. The van der Waals surface area contributed by atoms with E-state index in [0.717, 1.165) is 25.8 Å². The van der Waals surface area contributed by atoms with Crippen LogP contribution in [0.15, 0.2) is 24.3 Å². The Bertz CT molecular complexity index is 513. The van der Waals surface area contributed by atoms with Gasteiger partial charge in [0.2, 0.25) is 10.0 Å². The minimum atomic E-state index is -3.38. The number of piperidine rings is 1. The number of nitrogens with one attached hydrogen (secondary N) is 2. The topological polar surface area (TPSA) is 58.2 Å². The molecule has 0 bridgehead atoms. The Labute approximate surface area is 113 Å². The summed E-state index contributed by atoms with van der Waals surface area (Å²) in [6.07, 6.45) is 3.03. The minimum absolute atomic E-state index is 0.00171. The average Bonchev–Trinajstić information content (AvgIpc) is 2.38. The Kier molecular flexibility index (Phi) is 4.90. The first-order chi connectivity index (χ1) is 9.07. The van der Waals surface area contributed by atoms with Gasteiger partial charge in [-0.3, -0.25) is 0 Å². The molecular formula is C13H19FN2O2S. The van der Waals surface area contributed by atoms with Crippen LogP contribution in [0.1, 0.15) is 24.8 Å². The summed E-state index contributed by atoms with van der Waals surface area (Å²) in [4.78, 5) is 0. The second-order valence-corrected chi connectivity index (χ2v) is 6.69. The molecule has 1 atom stereocenters. The molecule has 0 aromatic heterocycles. The summed E-state index contributed by atoms with van der Waals surface area (Å²) in [5, 5.41) is 3.19. The van der Waals surface area contributed by atoms with Gasteiger partial charge in [0.1, 0.15) is 5.82 Å². The molecule has 19 heavy (non-hydrogen) atoms. The molecule has 1 aliphatic rings. The van der Waals surface area contributed by atoms with Crippen molar-refractivity contribution in [3.8, 4) is 0 Å². The molecule has 6 heteroatoms. The number of hydrogen-bond donors (Lipinski definition) is 2. The van der Waals surface area contributed by atoms with E-state index in [4.69, 9.17) is 0 Å². The molecule has 1 saturated heterocycles. The molecule has 2 rings (SSSR count). The number of halogens is 1. The summed E-state index contributed by atoms with van der Waals surface area (Å²) in [6.45, 7) is 0.870. The maximum Gasteiger partial charge on any atom is 0.213 e. The first kappa shape index (κ1) is 14.4. The molecule has 0 radical (unpaired) electrons. The van der Waals surface area contributed by atoms with Gasteiger partial charge < -0.3 is 5.32 Å². The van der Waals surface area contributed by atoms with Crippen molar-refractivity contribution in [2.24, 2.45) is 0 Å². The van der Waals surface area contributed by atoms with Crippen LogP contribution < -0.4 is 10.0 Å². The molecule has 0 aliphatic carbocycles. The van der Waals surface area contributed by atoms with Crippen LogP contribution in [-0.2, 0) is 16.6 Å². The Hall–Kier alpha value is -0.980. The number of rotatable bonds is 5. The van der Waals surface area contributed by atoms with Crippen molar-refractivity contribution < 1.29 is 12.8 Å². The van der Waals surface area contributed by atoms with E-state index in [-0.39, 0.29) is 24.2 Å². The van der Waals surface area contributed by atoms with Crippen molar-refractivity contribution in [3.63, 3.8) is 0 Å². The predicted molar refractivity (Wildman–Crippen MR) is 72.7 cm³/mol. The molecule has 0 amide bonds. The Morgan fingerprint density at radius 2 is 2.11 bits per heavy atom. The van der Waals surface area contributed by atoms with Crippen LogP contribution >= 0.6 is 0 Å². The molecule has 1 aromatic rings. The van der Waals surface area contributed by atoms with E-state index in [0.29, 0.717) is 5.56 Å². The van der Waals surface area contributed by atoms with Gasteiger partial charge in [-0.1, -0.05) is 24.6 Å². The van der Waals surface area contributed by atoms with Crippen molar-refractivity contribution >= 4 is 10.0 Å². The lowest BCUT2D eigenvalue weighted by molar-refractivity contribution is 0.422. The van der Waals surface area contributed by atoms with Gasteiger partial charge in [-0.05, 0) is 25.5 Å². The standard InChI is InChI=1S/C13H19FN2O2S/c14-13-7-2-1-5-11(13)9-16-19(17,18)10-12-6-3-4-8-15-12/h1-2,5,7,12,15-16H,3-4,6,8-10H2. The number of hydrogen-bond acceptors (Lipinski definition) is 3. The summed E-state index contributed by atoms with van der Waals surface area (Å²) in [6, 6.07) is 6.18. The molecule has 1 unspecified atom stereocenters. The number of benzene rings is 1. The third-order valence-corrected chi connectivity index (χ3v) is 4.70. The molecule has 1 heterocycles. The van der Waals surface area contributed by atoms with Crippen LogP contribution in [0, 0.1) is 5.82 Å². The molecule has 1 aliphatic heterocycles. The third-order valence-electron chi connectivity index (χ3n) is 3.27. The minimum Gasteiger partial charge on any atom is -0.313 e. The van der Waals surface area contributed by atoms with Crippen molar-refractivity contribution in [1.82, 2.24) is 10.0 Å². The highest BCUT2D eigenvalue weighted by molar-refractivity contribution is 7.89. The van der Waals surface area contributed by atoms with Crippen LogP contribution in [0.5, 0.6) is 0 Å². The largest absolute Gasteiger partial charge is 0.313 e. The third kappa shape index (κ3) is 4.56. The van der Waals surface area contributed by atoms with E-state index < -0.39 is 10.0 Å². The van der Waals surface area contributed by atoms with Gasteiger partial charge in [0, 0.05) is 18.2 Å². The highest BCUT2D eigenvalue weighted by Gasteiger charge is 2.20. The highest BCUT2D eigenvalue weighted by atomic mass is 32.2. The first-order valence-electron chi connectivity index (χ1n) is 6.51. The van der Waals surface area contributed by atoms with Gasteiger partial charge in [0.05, 0.1) is 5.75 Å². The lowest BCUT2D eigenvalue weighted by Crippen LogP contribution is -2.42. The Morgan fingerprint density at radius 3 is 2.79 bits per heavy atom. The van der Waals surface area contributed by atoms with Crippen LogP contribution in [-0.4, -0.2) is 26.8 Å². The van der Waals surface area contributed by atoms with Gasteiger partial charge >= 0.3 is 0 Å². The molecule has 1 aromatic carbocycles. The monoisotopic (exact) mass is 286 g/mol. The zero-order valence-electron chi connectivity index (χ0n) is 10.7. The fourth-order valence-electron chi connectivity index (χ4n) is 2.22. The predicted octanol–water partition coefficient (Wildman–Crippen LogP) is 1.39. The maximum absolute atomic E-state index is 13.4. The van der Waals surface area contributed by atoms with Gasteiger partial charge in [-0.15, -0.1) is 0 Å². The van der Waals surface area contributed by atoms with Crippen LogP contribution in [0.25, 0.3) is 0 Å². The quantitative estimate of drug-likeness (QED) is 0.860. The Morgan fingerprint density at radius 1 is 1.32 bits per heavy atom. The van der Waals surface area contributed by atoms with Gasteiger partial charge in [0.25, 0.3) is 0 Å². The van der Waals surface area contributed by atoms with Crippen molar-refractivity contribution in [1.29, 1.82) is 0 Å². The summed E-state index contributed by atoms with van der Waals surface area (Å²) in [7, 11) is -3.38. The fourth-order valence-corrected chi connectivity index (χ4v) is 3.53. The molecule has 106 valence electrons. The summed E-state index contributed by atoms with van der Waals surface area (Å²) < 4.78 is 39.7. The zero-order valence-corrected chi connectivity index (χ0v) is 11.5. The van der Waals surface area contributed by atoms with Gasteiger partial charge in [0.15, 0.2) is 0 Å². The fraction of sp³-hybridized carbons (Fsp3) is 0.538. The second kappa shape index (κ2) is 6.45. The van der Waals surface area contributed by atoms with Crippen molar-refractivity contribution in [2.75, 3.05) is 12.3 Å². The van der Waals surface area contributed by atoms with Gasteiger partial charge in [-0.25, -0.2) is 17.5 Å². The van der Waals surface area contributed by atoms with E-state index in [9.17, 15) is 12.8 Å². The summed E-state index contributed by atoms with van der Waals surface area (Å²) in [5.41, 5.74) is 0.364. The zero-order chi connectivity index (χ0) is 13.7. The van der Waals surface area contributed by atoms with E-state index in [2.05, 4.69) is 10.0 Å². The van der Waals surface area contributed by atoms with Crippen LogP contribution in [0.4, 0.5) is 4.39 Å². The molecule has 2 N–H and O–H groups in total. The maximum atomic E-state index is 13.4. The second-order valence-electron chi connectivity index (χ2n) is 4.84. The van der Waals surface area contributed by atoms with E-state index in [1.807, 2.05) is 0 Å². The van der Waals surface area contributed by atoms with Crippen LogP contribution in [0.3, 0.4) is 0 Å². The lowest BCUT2D eigenvalue weighted by atomic mass is 10.1. The summed E-state index contributed by atoms with van der Waals surface area (Å²) >= 11 is 0. The smallest absolute Gasteiger partial charge is 0.213 e. The average molecular weight is 286 g/mol. The molecule has 0 saturated carbocycles. The van der Waals surface area contributed by atoms with Crippen molar-refractivity contribution in [3.05, 3.63) is 35.6 Å². The van der Waals surface area contributed by atoms with Crippen LogP contribution in [0.2, 0.25) is 0 Å². The van der Waals surface area contributed by atoms with E-state index in [1.165, 1.54) is 6.07 Å². The summed E-state index contributed by atoms with van der Waals surface area (Å²) in [5.74, 6) is -0.331. The SMILES string of the molecule is O=S(=O)(CC1CCCCN1)NCc1ccccc1F. The Balaban J connectivity index is 1.88. The molecule has 1 fully saturated rings. The van der Waals surface area contributed by atoms with E-state index in [1.54, 1.807) is 18.2 Å². The lowest BCUT2D eigenvalue weighted by Gasteiger charge is -2.23. The molecule has 0 spiro atoms. The van der Waals surface area contributed by atoms with Crippen molar-refractivity contribution in [2.45, 2.75) is 31.8 Å². The van der Waals surface area contributed by atoms with E-state index >= 15 is 0 Å².